The molecular formula is C12H16N2. The molecule has 0 aliphatic carbocycles. The SMILES string of the molecule is CCC(CC)c1ccc2[nH]cnc2c1. The summed E-state index contributed by atoms with van der Waals surface area (Å²) in [5, 5.41) is 0. The molecule has 0 atom stereocenters. The topological polar surface area (TPSA) is 28.7 Å². The highest BCUT2D eigenvalue weighted by Gasteiger charge is 2.07. The lowest BCUT2D eigenvalue weighted by molar-refractivity contribution is 0.642. The predicted octanol–water partition coefficient (Wildman–Crippen LogP) is 3.47. The van der Waals surface area contributed by atoms with Gasteiger partial charge in [0.15, 0.2) is 0 Å². The molecule has 1 N–H and O–H groups in total. The van der Waals surface area contributed by atoms with Gasteiger partial charge in [0, 0.05) is 0 Å². The van der Waals surface area contributed by atoms with Gasteiger partial charge in [0.05, 0.1) is 17.4 Å². The standard InChI is InChI=1S/C12H16N2/c1-3-9(4-2)10-5-6-11-12(7-10)14-8-13-11/h5-9H,3-4H2,1-2H3,(H,13,14). The van der Waals surface area contributed by atoms with Crippen molar-refractivity contribution in [2.75, 3.05) is 0 Å². The van der Waals surface area contributed by atoms with Crippen LogP contribution < -0.4 is 0 Å². The molecule has 0 aliphatic heterocycles. The molecule has 0 bridgehead atoms. The van der Waals surface area contributed by atoms with Gasteiger partial charge in [0.2, 0.25) is 0 Å². The molecule has 0 spiro atoms. The Morgan fingerprint density at radius 3 is 2.79 bits per heavy atom. The highest BCUT2D eigenvalue weighted by molar-refractivity contribution is 5.75. The lowest BCUT2D eigenvalue weighted by Crippen LogP contribution is -1.94. The molecule has 0 unspecified atom stereocenters. The minimum Gasteiger partial charge on any atom is -0.345 e. The molecule has 0 fully saturated rings. The van der Waals surface area contributed by atoms with Crippen LogP contribution in [0.5, 0.6) is 0 Å². The fourth-order valence-electron chi connectivity index (χ4n) is 1.96. The van der Waals surface area contributed by atoms with Crippen LogP contribution in [0.15, 0.2) is 24.5 Å². The summed E-state index contributed by atoms with van der Waals surface area (Å²) < 4.78 is 0. The summed E-state index contributed by atoms with van der Waals surface area (Å²) in [6, 6.07) is 6.53. The van der Waals surface area contributed by atoms with Gasteiger partial charge >= 0.3 is 0 Å². The Balaban J connectivity index is 2.42. The number of hydrogen-bond acceptors (Lipinski definition) is 1. The van der Waals surface area contributed by atoms with E-state index in [0.717, 1.165) is 11.0 Å². The van der Waals surface area contributed by atoms with Crippen molar-refractivity contribution in [2.45, 2.75) is 32.6 Å². The van der Waals surface area contributed by atoms with Crippen molar-refractivity contribution >= 4 is 11.0 Å². The fraction of sp³-hybridized carbons (Fsp3) is 0.417. The van der Waals surface area contributed by atoms with Gasteiger partial charge in [0.25, 0.3) is 0 Å². The molecule has 2 heteroatoms. The zero-order chi connectivity index (χ0) is 9.97. The third-order valence-electron chi connectivity index (χ3n) is 2.90. The first-order chi connectivity index (χ1) is 6.85. The number of H-pyrrole nitrogens is 1. The highest BCUT2D eigenvalue weighted by Crippen LogP contribution is 2.24. The van der Waals surface area contributed by atoms with E-state index in [9.17, 15) is 0 Å². The summed E-state index contributed by atoms with van der Waals surface area (Å²) >= 11 is 0. The van der Waals surface area contributed by atoms with Gasteiger partial charge < -0.3 is 4.98 Å². The van der Waals surface area contributed by atoms with Gasteiger partial charge in [-0.3, -0.25) is 0 Å². The quantitative estimate of drug-likeness (QED) is 0.785. The minimum atomic E-state index is 0.677. The van der Waals surface area contributed by atoms with Crippen molar-refractivity contribution in [1.82, 2.24) is 9.97 Å². The summed E-state index contributed by atoms with van der Waals surface area (Å²) in [6.45, 7) is 4.48. The first kappa shape index (κ1) is 9.25. The van der Waals surface area contributed by atoms with E-state index in [4.69, 9.17) is 0 Å². The molecule has 0 aliphatic rings. The van der Waals surface area contributed by atoms with Crippen molar-refractivity contribution < 1.29 is 0 Å². The molecule has 0 saturated heterocycles. The first-order valence-corrected chi connectivity index (χ1v) is 5.28. The largest absolute Gasteiger partial charge is 0.345 e. The molecule has 2 nitrogen and oxygen atoms in total. The lowest BCUT2D eigenvalue weighted by Gasteiger charge is -2.12. The number of aromatic amines is 1. The van der Waals surface area contributed by atoms with E-state index >= 15 is 0 Å². The predicted molar refractivity (Wildman–Crippen MR) is 59.4 cm³/mol. The molecule has 14 heavy (non-hydrogen) atoms. The number of rotatable bonds is 3. The molecule has 2 aromatic rings. The van der Waals surface area contributed by atoms with Crippen LogP contribution in [0.1, 0.15) is 38.2 Å². The number of nitrogens with one attached hydrogen (secondary N) is 1. The fourth-order valence-corrected chi connectivity index (χ4v) is 1.96. The van der Waals surface area contributed by atoms with Gasteiger partial charge in [-0.05, 0) is 36.5 Å². The molecule has 0 radical (unpaired) electrons. The van der Waals surface area contributed by atoms with Crippen LogP contribution in [-0.2, 0) is 0 Å². The van der Waals surface area contributed by atoms with Crippen molar-refractivity contribution in [2.24, 2.45) is 0 Å². The van der Waals surface area contributed by atoms with E-state index < -0.39 is 0 Å². The van der Waals surface area contributed by atoms with Crippen LogP contribution in [0.2, 0.25) is 0 Å². The number of fused-ring (bicyclic) bond motifs is 1. The van der Waals surface area contributed by atoms with Crippen LogP contribution in [0.4, 0.5) is 0 Å². The molecule has 0 amide bonds. The van der Waals surface area contributed by atoms with Crippen LogP contribution in [-0.4, -0.2) is 9.97 Å². The maximum Gasteiger partial charge on any atom is 0.0931 e. The Hall–Kier alpha value is -1.31. The number of imidazole rings is 1. The Morgan fingerprint density at radius 2 is 2.07 bits per heavy atom. The van der Waals surface area contributed by atoms with Crippen LogP contribution in [0.25, 0.3) is 11.0 Å². The van der Waals surface area contributed by atoms with E-state index in [1.54, 1.807) is 6.33 Å². The number of hydrogen-bond donors (Lipinski definition) is 1. The van der Waals surface area contributed by atoms with E-state index in [1.165, 1.54) is 18.4 Å². The Kier molecular flexibility index (Phi) is 2.53. The lowest BCUT2D eigenvalue weighted by atomic mass is 9.94. The van der Waals surface area contributed by atoms with E-state index in [1.807, 2.05) is 0 Å². The van der Waals surface area contributed by atoms with Gasteiger partial charge in [-0.2, -0.15) is 0 Å². The van der Waals surface area contributed by atoms with Crippen molar-refractivity contribution in [3.8, 4) is 0 Å². The Labute approximate surface area is 84.4 Å². The number of benzene rings is 1. The third kappa shape index (κ3) is 1.52. The smallest absolute Gasteiger partial charge is 0.0931 e. The minimum absolute atomic E-state index is 0.677. The molecular weight excluding hydrogens is 172 g/mol. The molecule has 2 rings (SSSR count). The van der Waals surface area contributed by atoms with Crippen molar-refractivity contribution in [1.29, 1.82) is 0 Å². The maximum atomic E-state index is 4.27. The third-order valence-corrected chi connectivity index (χ3v) is 2.90. The van der Waals surface area contributed by atoms with Crippen molar-refractivity contribution in [3.63, 3.8) is 0 Å². The highest BCUT2D eigenvalue weighted by atomic mass is 14.9. The first-order valence-electron chi connectivity index (χ1n) is 5.28. The van der Waals surface area contributed by atoms with Crippen LogP contribution in [0, 0.1) is 0 Å². The average Bonchev–Trinajstić information content (AvgIpc) is 2.66. The Bertz CT molecular complexity index is 413. The summed E-state index contributed by atoms with van der Waals surface area (Å²) in [5.74, 6) is 0.677. The summed E-state index contributed by atoms with van der Waals surface area (Å²) in [7, 11) is 0. The number of aromatic nitrogens is 2. The number of nitrogens with zero attached hydrogens (tertiary/aromatic N) is 1. The molecule has 1 aromatic heterocycles. The molecule has 1 aromatic carbocycles. The van der Waals surface area contributed by atoms with E-state index in [2.05, 4.69) is 42.0 Å². The maximum absolute atomic E-state index is 4.27. The zero-order valence-corrected chi connectivity index (χ0v) is 8.75. The monoisotopic (exact) mass is 188 g/mol. The van der Waals surface area contributed by atoms with Crippen LogP contribution in [0.3, 0.4) is 0 Å². The summed E-state index contributed by atoms with van der Waals surface area (Å²) in [4.78, 5) is 7.39. The summed E-state index contributed by atoms with van der Waals surface area (Å²) in [6.07, 6.45) is 4.15. The average molecular weight is 188 g/mol. The molecule has 74 valence electrons. The van der Waals surface area contributed by atoms with Gasteiger partial charge in [-0.1, -0.05) is 19.9 Å². The molecule has 1 heterocycles. The van der Waals surface area contributed by atoms with Crippen LogP contribution >= 0.6 is 0 Å². The van der Waals surface area contributed by atoms with Gasteiger partial charge in [0.1, 0.15) is 0 Å². The zero-order valence-electron chi connectivity index (χ0n) is 8.75. The van der Waals surface area contributed by atoms with Gasteiger partial charge in [-0.25, -0.2) is 4.98 Å². The van der Waals surface area contributed by atoms with E-state index in [0.29, 0.717) is 5.92 Å². The second-order valence-corrected chi connectivity index (χ2v) is 3.69. The van der Waals surface area contributed by atoms with Crippen molar-refractivity contribution in [3.05, 3.63) is 30.1 Å². The normalized spacial score (nSPS) is 11.4. The summed E-state index contributed by atoms with van der Waals surface area (Å²) in [5.41, 5.74) is 3.61. The van der Waals surface area contributed by atoms with Gasteiger partial charge in [-0.15, -0.1) is 0 Å². The second-order valence-electron chi connectivity index (χ2n) is 3.69. The second kappa shape index (κ2) is 3.82. The van der Waals surface area contributed by atoms with E-state index in [-0.39, 0.29) is 0 Å². The Morgan fingerprint density at radius 1 is 1.29 bits per heavy atom. The molecule has 0 saturated carbocycles.